The highest BCUT2D eigenvalue weighted by Gasteiger charge is 2.05. The van der Waals surface area contributed by atoms with Crippen molar-refractivity contribution in [1.82, 2.24) is 0 Å². The molecule has 0 aliphatic rings. The van der Waals surface area contributed by atoms with Gasteiger partial charge >= 0.3 is 5.97 Å². The summed E-state index contributed by atoms with van der Waals surface area (Å²) in [6.07, 6.45) is 9.21. The number of rotatable bonds is 8. The summed E-state index contributed by atoms with van der Waals surface area (Å²) in [7, 11) is 0. The molecule has 0 amide bonds. The van der Waals surface area contributed by atoms with Gasteiger partial charge in [-0.3, -0.25) is 4.79 Å². The lowest BCUT2D eigenvalue weighted by Crippen LogP contribution is -2.14. The number of aliphatic hydroxyl groups is 1. The Morgan fingerprint density at radius 3 is 2.47 bits per heavy atom. The lowest BCUT2D eigenvalue weighted by atomic mass is 10.2. The molecule has 0 rings (SSSR count). The van der Waals surface area contributed by atoms with E-state index in [1.54, 1.807) is 0 Å². The summed E-state index contributed by atoms with van der Waals surface area (Å²) in [5.74, 6) is -0.430. The topological polar surface area (TPSA) is 46.5 Å². The van der Waals surface area contributed by atoms with Crippen LogP contribution in [0.15, 0.2) is 12.2 Å². The van der Waals surface area contributed by atoms with E-state index in [1.807, 2.05) is 0 Å². The standard InChI is InChI=1S/C12H22O3/c1-3-4-5-6-7-8-9-10-12(14)15-11(2)13/h6-7,12,14H,3-5,8-10H2,1-2H3/b7-6+. The average molecular weight is 214 g/mol. The molecule has 15 heavy (non-hydrogen) atoms. The SMILES string of the molecule is CCCC/C=C/CCCC(O)OC(C)=O. The molecule has 1 unspecified atom stereocenters. The van der Waals surface area contributed by atoms with Gasteiger partial charge in [0, 0.05) is 13.3 Å². The van der Waals surface area contributed by atoms with Crippen molar-refractivity contribution in [3.8, 4) is 0 Å². The van der Waals surface area contributed by atoms with Crippen molar-refractivity contribution >= 4 is 5.97 Å². The van der Waals surface area contributed by atoms with Crippen molar-refractivity contribution in [3.05, 3.63) is 12.2 Å². The number of carbonyl (C=O) groups excluding carboxylic acids is 1. The molecule has 3 nitrogen and oxygen atoms in total. The molecule has 0 aromatic rings. The third-order valence-corrected chi connectivity index (χ3v) is 2.01. The van der Waals surface area contributed by atoms with Gasteiger partial charge in [0.05, 0.1) is 0 Å². The highest BCUT2D eigenvalue weighted by Crippen LogP contribution is 2.04. The van der Waals surface area contributed by atoms with Crippen LogP contribution in [0.25, 0.3) is 0 Å². The molecule has 0 aromatic heterocycles. The second kappa shape index (κ2) is 9.71. The van der Waals surface area contributed by atoms with Gasteiger partial charge in [0.2, 0.25) is 6.29 Å². The fraction of sp³-hybridized carbons (Fsp3) is 0.750. The number of carbonyl (C=O) groups is 1. The van der Waals surface area contributed by atoms with E-state index in [4.69, 9.17) is 0 Å². The average Bonchev–Trinajstić information content (AvgIpc) is 2.15. The molecule has 0 saturated carbocycles. The van der Waals surface area contributed by atoms with Gasteiger partial charge in [0.1, 0.15) is 0 Å². The van der Waals surface area contributed by atoms with E-state index in [2.05, 4.69) is 23.8 Å². The normalized spacial score (nSPS) is 13.0. The molecule has 0 aliphatic carbocycles. The Morgan fingerprint density at radius 1 is 1.33 bits per heavy atom. The first-order valence-electron chi connectivity index (χ1n) is 5.67. The van der Waals surface area contributed by atoms with Gasteiger partial charge in [0.15, 0.2) is 0 Å². The number of allylic oxidation sites excluding steroid dienone is 2. The van der Waals surface area contributed by atoms with E-state index >= 15 is 0 Å². The Hall–Kier alpha value is -0.830. The van der Waals surface area contributed by atoms with Crippen molar-refractivity contribution < 1.29 is 14.6 Å². The molecule has 0 saturated heterocycles. The fourth-order valence-electron chi connectivity index (χ4n) is 1.22. The monoisotopic (exact) mass is 214 g/mol. The zero-order valence-corrected chi connectivity index (χ0v) is 9.74. The van der Waals surface area contributed by atoms with E-state index in [9.17, 15) is 9.90 Å². The number of unbranched alkanes of at least 4 members (excludes halogenated alkanes) is 3. The van der Waals surface area contributed by atoms with E-state index in [0.717, 1.165) is 19.3 Å². The molecular formula is C12H22O3. The third-order valence-electron chi connectivity index (χ3n) is 2.01. The predicted molar refractivity (Wildman–Crippen MR) is 60.3 cm³/mol. The van der Waals surface area contributed by atoms with Crippen LogP contribution in [-0.2, 0) is 9.53 Å². The van der Waals surface area contributed by atoms with Crippen molar-refractivity contribution in [2.24, 2.45) is 0 Å². The zero-order valence-electron chi connectivity index (χ0n) is 9.74. The fourth-order valence-corrected chi connectivity index (χ4v) is 1.22. The van der Waals surface area contributed by atoms with Crippen molar-refractivity contribution in [2.45, 2.75) is 58.7 Å². The first-order valence-corrected chi connectivity index (χ1v) is 5.67. The van der Waals surface area contributed by atoms with Gasteiger partial charge < -0.3 is 9.84 Å². The molecule has 0 heterocycles. The molecule has 88 valence electrons. The van der Waals surface area contributed by atoms with E-state index in [0.29, 0.717) is 6.42 Å². The summed E-state index contributed by atoms with van der Waals surface area (Å²) < 4.78 is 4.59. The van der Waals surface area contributed by atoms with Crippen LogP contribution in [0.5, 0.6) is 0 Å². The molecule has 0 aromatic carbocycles. The largest absolute Gasteiger partial charge is 0.436 e. The molecular weight excluding hydrogens is 192 g/mol. The molecule has 1 atom stereocenters. The second-order valence-corrected chi connectivity index (χ2v) is 3.61. The highest BCUT2D eigenvalue weighted by molar-refractivity contribution is 5.65. The molecule has 1 N–H and O–H groups in total. The maximum absolute atomic E-state index is 10.5. The summed E-state index contributed by atoms with van der Waals surface area (Å²) in [4.78, 5) is 10.5. The van der Waals surface area contributed by atoms with Crippen LogP contribution in [0.4, 0.5) is 0 Å². The Bertz CT molecular complexity index is 187. The smallest absolute Gasteiger partial charge is 0.304 e. The van der Waals surface area contributed by atoms with Gasteiger partial charge in [-0.15, -0.1) is 0 Å². The van der Waals surface area contributed by atoms with Gasteiger partial charge in [-0.25, -0.2) is 0 Å². The van der Waals surface area contributed by atoms with Gasteiger partial charge in [-0.05, 0) is 19.3 Å². The van der Waals surface area contributed by atoms with Gasteiger partial charge in [-0.1, -0.05) is 31.9 Å². The number of ether oxygens (including phenoxy) is 1. The minimum Gasteiger partial charge on any atom is -0.436 e. The third kappa shape index (κ3) is 11.1. The summed E-state index contributed by atoms with van der Waals surface area (Å²) in [5.41, 5.74) is 0. The minimum absolute atomic E-state index is 0.430. The van der Waals surface area contributed by atoms with Crippen LogP contribution >= 0.6 is 0 Å². The first-order chi connectivity index (χ1) is 7.16. The molecule has 0 fully saturated rings. The molecule has 0 spiro atoms. The summed E-state index contributed by atoms with van der Waals surface area (Å²) in [6.45, 7) is 3.47. The van der Waals surface area contributed by atoms with E-state index in [1.165, 1.54) is 19.8 Å². The summed E-state index contributed by atoms with van der Waals surface area (Å²) >= 11 is 0. The van der Waals surface area contributed by atoms with Crippen LogP contribution in [0, 0.1) is 0 Å². The second-order valence-electron chi connectivity index (χ2n) is 3.61. The Balaban J connectivity index is 3.29. The lowest BCUT2D eigenvalue weighted by molar-refractivity contribution is -0.165. The quantitative estimate of drug-likeness (QED) is 0.292. The Kier molecular flexibility index (Phi) is 9.18. The summed E-state index contributed by atoms with van der Waals surface area (Å²) in [6, 6.07) is 0. The first kappa shape index (κ1) is 14.2. The highest BCUT2D eigenvalue weighted by atomic mass is 16.6. The number of esters is 1. The maximum atomic E-state index is 10.5. The van der Waals surface area contributed by atoms with Crippen LogP contribution in [0.1, 0.15) is 52.4 Å². The molecule has 3 heteroatoms. The molecule has 0 aliphatic heterocycles. The van der Waals surface area contributed by atoms with Crippen LogP contribution in [0.2, 0.25) is 0 Å². The van der Waals surface area contributed by atoms with Gasteiger partial charge in [-0.2, -0.15) is 0 Å². The van der Waals surface area contributed by atoms with Crippen LogP contribution < -0.4 is 0 Å². The lowest BCUT2D eigenvalue weighted by Gasteiger charge is -2.08. The van der Waals surface area contributed by atoms with E-state index in [-0.39, 0.29) is 0 Å². The minimum atomic E-state index is -0.938. The van der Waals surface area contributed by atoms with Crippen molar-refractivity contribution in [3.63, 3.8) is 0 Å². The molecule has 0 radical (unpaired) electrons. The van der Waals surface area contributed by atoms with Crippen molar-refractivity contribution in [1.29, 1.82) is 0 Å². The van der Waals surface area contributed by atoms with E-state index < -0.39 is 12.3 Å². The van der Waals surface area contributed by atoms with Crippen LogP contribution in [0.3, 0.4) is 0 Å². The number of hydrogen-bond donors (Lipinski definition) is 1. The molecule has 0 bridgehead atoms. The van der Waals surface area contributed by atoms with Gasteiger partial charge in [0.25, 0.3) is 0 Å². The van der Waals surface area contributed by atoms with Crippen LogP contribution in [-0.4, -0.2) is 17.4 Å². The number of aliphatic hydroxyl groups excluding tert-OH is 1. The zero-order chi connectivity index (χ0) is 11.5. The maximum Gasteiger partial charge on any atom is 0.304 e. The van der Waals surface area contributed by atoms with Crippen molar-refractivity contribution in [2.75, 3.05) is 0 Å². The Labute approximate surface area is 92.1 Å². The summed E-state index contributed by atoms with van der Waals surface area (Å²) in [5, 5.41) is 9.19. The number of hydrogen-bond acceptors (Lipinski definition) is 3. The predicted octanol–water partition coefficient (Wildman–Crippen LogP) is 2.78. The Morgan fingerprint density at radius 2 is 1.93 bits per heavy atom.